The normalized spacial score (nSPS) is 9.30. The maximum Gasteiger partial charge on any atom is 0.137 e. The molecular formula is C7H8NO2. The zero-order valence-corrected chi connectivity index (χ0v) is 5.49. The summed E-state index contributed by atoms with van der Waals surface area (Å²) in [5.41, 5.74) is 0. The Balaban J connectivity index is 2.43. The smallest absolute Gasteiger partial charge is 0.137 e. The second-order valence-corrected chi connectivity index (χ2v) is 1.74. The van der Waals surface area contributed by atoms with Gasteiger partial charge < -0.3 is 4.74 Å². The summed E-state index contributed by atoms with van der Waals surface area (Å²) in [6, 6.07) is 3.53. The first-order valence-electron chi connectivity index (χ1n) is 3.04. The van der Waals surface area contributed by atoms with Crippen LogP contribution in [0.5, 0.6) is 5.75 Å². The molecular weight excluding hydrogens is 130 g/mol. The molecule has 1 radical (unpaired) electrons. The predicted octanol–water partition coefficient (Wildman–Crippen LogP) is 0.891. The Morgan fingerprint density at radius 1 is 1.60 bits per heavy atom. The van der Waals surface area contributed by atoms with Gasteiger partial charge in [-0.3, -0.25) is 4.98 Å². The fraction of sp³-hybridized carbons (Fsp3) is 0.286. The van der Waals surface area contributed by atoms with Gasteiger partial charge in [0.05, 0.1) is 6.20 Å². The summed E-state index contributed by atoms with van der Waals surface area (Å²) in [7, 11) is 0. The number of ether oxygens (including phenoxy) is 1. The summed E-state index contributed by atoms with van der Waals surface area (Å²) in [5, 5.41) is 9.96. The fourth-order valence-corrected chi connectivity index (χ4v) is 0.592. The van der Waals surface area contributed by atoms with Crippen LogP contribution < -0.4 is 4.74 Å². The van der Waals surface area contributed by atoms with E-state index in [1.54, 1.807) is 24.5 Å². The lowest BCUT2D eigenvalue weighted by atomic mass is 10.5. The Morgan fingerprint density at radius 2 is 2.50 bits per heavy atom. The van der Waals surface area contributed by atoms with E-state index in [4.69, 9.17) is 4.74 Å². The highest BCUT2D eigenvalue weighted by molar-refractivity contribution is 5.15. The molecule has 3 nitrogen and oxygen atoms in total. The van der Waals surface area contributed by atoms with Gasteiger partial charge in [0, 0.05) is 6.20 Å². The van der Waals surface area contributed by atoms with Crippen molar-refractivity contribution in [2.75, 3.05) is 13.2 Å². The highest BCUT2D eigenvalue weighted by atomic mass is 16.5. The average Bonchev–Trinajstić information content (AvgIpc) is 2.03. The van der Waals surface area contributed by atoms with Crippen LogP contribution in [0, 0.1) is 0 Å². The lowest BCUT2D eigenvalue weighted by Crippen LogP contribution is -2.00. The number of hydrogen-bond acceptors (Lipinski definition) is 2. The molecule has 3 heteroatoms. The predicted molar refractivity (Wildman–Crippen MR) is 35.3 cm³/mol. The lowest BCUT2D eigenvalue weighted by Gasteiger charge is -1.99. The van der Waals surface area contributed by atoms with Crippen molar-refractivity contribution in [3.63, 3.8) is 0 Å². The molecule has 1 aromatic rings. The summed E-state index contributed by atoms with van der Waals surface area (Å²) < 4.78 is 4.98. The van der Waals surface area contributed by atoms with Gasteiger partial charge in [-0.15, -0.1) is 0 Å². The van der Waals surface area contributed by atoms with Crippen molar-refractivity contribution in [1.29, 1.82) is 0 Å². The van der Waals surface area contributed by atoms with Crippen LogP contribution in [0.1, 0.15) is 0 Å². The van der Waals surface area contributed by atoms with Crippen LogP contribution >= 0.6 is 0 Å². The minimum absolute atomic E-state index is 0.213. The van der Waals surface area contributed by atoms with Crippen LogP contribution in [0.3, 0.4) is 0 Å². The largest absolute Gasteiger partial charge is 0.489 e. The van der Waals surface area contributed by atoms with E-state index >= 15 is 0 Å². The van der Waals surface area contributed by atoms with Crippen molar-refractivity contribution in [2.24, 2.45) is 0 Å². The molecule has 0 N–H and O–H groups in total. The van der Waals surface area contributed by atoms with Crippen LogP contribution in [0.15, 0.2) is 24.5 Å². The van der Waals surface area contributed by atoms with Crippen LogP contribution in [0.25, 0.3) is 0 Å². The molecule has 0 aliphatic heterocycles. The molecule has 0 saturated heterocycles. The van der Waals surface area contributed by atoms with E-state index in [0.717, 1.165) is 0 Å². The maximum absolute atomic E-state index is 9.96. The van der Waals surface area contributed by atoms with Gasteiger partial charge in [0.2, 0.25) is 0 Å². The van der Waals surface area contributed by atoms with E-state index in [9.17, 15) is 5.11 Å². The first-order valence-corrected chi connectivity index (χ1v) is 3.04. The van der Waals surface area contributed by atoms with Gasteiger partial charge in [-0.1, -0.05) is 0 Å². The molecule has 0 aliphatic carbocycles. The molecule has 0 unspecified atom stereocenters. The van der Waals surface area contributed by atoms with Crippen molar-refractivity contribution >= 4 is 0 Å². The standard InChI is InChI=1S/C7H8NO2/c9-4-5-10-7-2-1-3-8-6-7/h1-3,6H,4-5H2. The van der Waals surface area contributed by atoms with Crippen molar-refractivity contribution in [3.8, 4) is 5.75 Å². The fourth-order valence-electron chi connectivity index (χ4n) is 0.592. The molecule has 0 amide bonds. The lowest BCUT2D eigenvalue weighted by molar-refractivity contribution is 0.138. The first kappa shape index (κ1) is 7.02. The van der Waals surface area contributed by atoms with Crippen molar-refractivity contribution in [1.82, 2.24) is 4.98 Å². The Morgan fingerprint density at radius 3 is 3.10 bits per heavy atom. The minimum Gasteiger partial charge on any atom is -0.489 e. The van der Waals surface area contributed by atoms with Gasteiger partial charge in [0.1, 0.15) is 19.0 Å². The number of pyridine rings is 1. The molecule has 0 fully saturated rings. The van der Waals surface area contributed by atoms with Crippen molar-refractivity contribution in [3.05, 3.63) is 24.5 Å². The molecule has 0 spiro atoms. The first-order chi connectivity index (χ1) is 4.93. The maximum atomic E-state index is 9.96. The van der Waals surface area contributed by atoms with Crippen LogP contribution in [-0.4, -0.2) is 18.2 Å². The van der Waals surface area contributed by atoms with Crippen LogP contribution in [0.4, 0.5) is 0 Å². The third-order valence-corrected chi connectivity index (χ3v) is 0.986. The van der Waals surface area contributed by atoms with Gasteiger partial charge in [0.25, 0.3) is 0 Å². The highest BCUT2D eigenvalue weighted by Crippen LogP contribution is 2.04. The van der Waals surface area contributed by atoms with Gasteiger partial charge >= 0.3 is 0 Å². The number of hydrogen-bond donors (Lipinski definition) is 0. The van der Waals surface area contributed by atoms with E-state index in [1.807, 2.05) is 0 Å². The second kappa shape index (κ2) is 3.85. The second-order valence-electron chi connectivity index (χ2n) is 1.74. The molecule has 1 rings (SSSR count). The quantitative estimate of drug-likeness (QED) is 0.622. The number of rotatable bonds is 3. The molecule has 0 aliphatic rings. The Bertz CT molecular complexity index is 176. The SMILES string of the molecule is [O]CCOc1cccnc1. The Hall–Kier alpha value is -1.09. The molecule has 0 aromatic carbocycles. The van der Waals surface area contributed by atoms with Crippen LogP contribution in [-0.2, 0) is 5.11 Å². The highest BCUT2D eigenvalue weighted by Gasteiger charge is 1.88. The van der Waals surface area contributed by atoms with Crippen molar-refractivity contribution < 1.29 is 9.84 Å². The average molecular weight is 138 g/mol. The zero-order chi connectivity index (χ0) is 7.23. The number of aromatic nitrogens is 1. The molecule has 0 atom stereocenters. The molecule has 1 heterocycles. The molecule has 0 bridgehead atoms. The van der Waals surface area contributed by atoms with Crippen LogP contribution in [0.2, 0.25) is 0 Å². The monoisotopic (exact) mass is 138 g/mol. The zero-order valence-electron chi connectivity index (χ0n) is 5.49. The topological polar surface area (TPSA) is 42.0 Å². The van der Waals surface area contributed by atoms with Gasteiger partial charge in [-0.05, 0) is 12.1 Å². The van der Waals surface area contributed by atoms with Gasteiger partial charge in [0.15, 0.2) is 0 Å². The van der Waals surface area contributed by atoms with Crippen molar-refractivity contribution in [2.45, 2.75) is 0 Å². The van der Waals surface area contributed by atoms with E-state index in [-0.39, 0.29) is 13.2 Å². The molecule has 1 aromatic heterocycles. The number of nitrogens with zero attached hydrogens (tertiary/aromatic N) is 1. The summed E-state index contributed by atoms with van der Waals surface area (Å²) in [5.74, 6) is 0.651. The third kappa shape index (κ3) is 2.03. The summed E-state index contributed by atoms with van der Waals surface area (Å²) >= 11 is 0. The van der Waals surface area contributed by atoms with Gasteiger partial charge in [-0.25, -0.2) is 5.11 Å². The molecule has 53 valence electrons. The molecule has 10 heavy (non-hydrogen) atoms. The summed E-state index contributed by atoms with van der Waals surface area (Å²) in [4.78, 5) is 3.81. The Labute approximate surface area is 59.3 Å². The Kier molecular flexibility index (Phi) is 2.70. The minimum atomic E-state index is -0.213. The van der Waals surface area contributed by atoms with E-state index < -0.39 is 0 Å². The van der Waals surface area contributed by atoms with E-state index in [2.05, 4.69) is 4.98 Å². The van der Waals surface area contributed by atoms with E-state index in [1.165, 1.54) is 0 Å². The third-order valence-electron chi connectivity index (χ3n) is 0.986. The van der Waals surface area contributed by atoms with E-state index in [0.29, 0.717) is 5.75 Å². The summed E-state index contributed by atoms with van der Waals surface area (Å²) in [6.07, 6.45) is 3.24. The summed E-state index contributed by atoms with van der Waals surface area (Å²) in [6.45, 7) is 0.000583. The molecule has 0 saturated carbocycles. The van der Waals surface area contributed by atoms with Gasteiger partial charge in [-0.2, -0.15) is 0 Å².